The molecule has 132 heavy (non-hydrogen) atoms. The summed E-state index contributed by atoms with van der Waals surface area (Å²) in [6.45, 7) is 9.92. The maximum absolute atomic E-state index is 13.2. The number of hydrogen-bond donors (Lipinski definition) is 31. The van der Waals surface area contributed by atoms with Gasteiger partial charge in [0.25, 0.3) is 0 Å². The number of hydrogen-bond acceptors (Lipinski definition) is 48. The Hall–Kier alpha value is -2.52. The highest BCUT2D eigenvalue weighted by molar-refractivity contribution is 8.00. The molecule has 54 heteroatoms. The van der Waals surface area contributed by atoms with Crippen LogP contribution >= 0.6 is 70.6 Å². The number of carbonyl (C=O) groups is 6. The third-order valence-corrected chi connectivity index (χ3v) is 27.8. The summed E-state index contributed by atoms with van der Waals surface area (Å²) < 4.78 is 70.1. The van der Waals surface area contributed by atoms with E-state index in [1.54, 1.807) is 0 Å². The number of thioether (sulfide) groups is 6. The molecule has 6 fully saturated rings. The number of aliphatic hydroxyl groups excluding tert-OH is 13. The maximum atomic E-state index is 13.2. The summed E-state index contributed by atoms with van der Waals surface area (Å²) in [5.74, 6) is -1.22. The average Bonchev–Trinajstić information content (AvgIpc) is 0.770. The number of nitrogens with one attached hydrogen (secondary N) is 12. The van der Waals surface area contributed by atoms with Crippen molar-refractivity contribution in [1.82, 2.24) is 63.8 Å². The average molecular weight is 2010 g/mol. The molecule has 6 rings (SSSR count). The Balaban J connectivity index is 1.28. The van der Waals surface area contributed by atoms with Crippen molar-refractivity contribution in [3.05, 3.63) is 0 Å². The Morgan fingerprint density at radius 3 is 0.667 bits per heavy atom. The smallest absolute Gasteiger partial charge is 0.220 e. The summed E-state index contributed by atoms with van der Waals surface area (Å²) >= 11 is 7.04. The van der Waals surface area contributed by atoms with Crippen molar-refractivity contribution in [2.24, 2.45) is 34.4 Å². The monoisotopic (exact) mass is 2010 g/mol. The lowest BCUT2D eigenvalue weighted by Gasteiger charge is -2.50. The van der Waals surface area contributed by atoms with E-state index in [1.165, 1.54) is 23.5 Å². The van der Waals surface area contributed by atoms with Gasteiger partial charge in [-0.1, -0.05) is 0 Å². The molecule has 48 nitrogen and oxygen atoms in total. The van der Waals surface area contributed by atoms with Crippen LogP contribution in [-0.2, 0) is 80.9 Å². The van der Waals surface area contributed by atoms with E-state index in [-0.39, 0.29) is 157 Å². The zero-order valence-corrected chi connectivity index (χ0v) is 79.7. The molecule has 6 aliphatic heterocycles. The van der Waals surface area contributed by atoms with Gasteiger partial charge in [0, 0.05) is 265 Å². The predicted octanol–water partition coefficient (Wildman–Crippen LogP) is -14.6. The molecule has 0 saturated carbocycles. The van der Waals surface area contributed by atoms with Gasteiger partial charge in [0.1, 0.15) is 110 Å². The highest BCUT2D eigenvalue weighted by Gasteiger charge is 2.58. The molecular formula is C78H152N18O30S6. The van der Waals surface area contributed by atoms with E-state index in [2.05, 4.69) is 63.8 Å². The maximum Gasteiger partial charge on any atom is 0.220 e. The number of amides is 6. The van der Waals surface area contributed by atoms with Gasteiger partial charge >= 0.3 is 0 Å². The van der Waals surface area contributed by atoms with Crippen LogP contribution in [-0.4, -0.2) is 512 Å². The molecular weight excluding hydrogens is 1860 g/mol. The molecule has 0 aromatic rings. The summed E-state index contributed by atoms with van der Waals surface area (Å²) in [5, 5.41) is 191. The van der Waals surface area contributed by atoms with Gasteiger partial charge in [-0.15, -0.1) is 0 Å². The number of carbonyl (C=O) groups excluding carboxylic acids is 6. The first-order chi connectivity index (χ1) is 63.7. The molecule has 6 aliphatic rings. The number of nitrogens with two attached hydrogens (primary N) is 6. The molecule has 6 heterocycles. The normalized spacial score (nSPS) is 32.1. The summed E-state index contributed by atoms with van der Waals surface area (Å²) in [6.07, 6.45) is -50.9. The van der Waals surface area contributed by atoms with Crippen molar-refractivity contribution in [3.63, 3.8) is 0 Å². The number of ether oxygens (including phenoxy) is 11. The predicted molar refractivity (Wildman–Crippen MR) is 497 cm³/mol. The fraction of sp³-hybridized carbons (Fsp3) is 0.923. The fourth-order valence-corrected chi connectivity index (χ4v) is 20.2. The van der Waals surface area contributed by atoms with Crippen molar-refractivity contribution in [3.8, 4) is 0 Å². The van der Waals surface area contributed by atoms with E-state index < -0.39 is 178 Å². The lowest BCUT2D eigenvalue weighted by molar-refractivity contribution is -0.387. The first kappa shape index (κ1) is 118. The Morgan fingerprint density at radius 1 is 0.242 bits per heavy atom. The van der Waals surface area contributed by atoms with E-state index in [4.69, 9.17) is 86.5 Å². The molecule has 29 atom stereocenters. The van der Waals surface area contributed by atoms with Crippen molar-refractivity contribution in [2.75, 3.05) is 233 Å². The van der Waals surface area contributed by atoms with Gasteiger partial charge < -0.3 is 217 Å². The summed E-state index contributed by atoms with van der Waals surface area (Å²) in [6, 6.07) is 0. The second-order valence-corrected chi connectivity index (χ2v) is 38.7. The molecule has 0 aromatic heterocycles. The van der Waals surface area contributed by atoms with Crippen LogP contribution in [0.25, 0.3) is 0 Å². The molecule has 6 amide bonds. The minimum Gasteiger partial charge on any atom is -0.388 e. The first-order valence-corrected chi connectivity index (χ1v) is 52.2. The fourth-order valence-electron chi connectivity index (χ4n) is 14.2. The van der Waals surface area contributed by atoms with E-state index >= 15 is 0 Å². The SMILES string of the molecule is NCCNCCNC(=O)CCSCC1O[C@@H](O[C@@H]2C(CSCCC(=O)NCCNCCN)O[C@@H](O[C@@H]3C(CSCCC(=O)NCCNCCN)O[C@@H](O[C@@H]4C(CSCCC(=O)NCCNCCN)O[C@H](O[C@@H]5C(CSCCC(=O)NCCNCCN)O[C@H](O[C@@H]6C(CSCCC(=O)NCCNCCN)OCC(O)[C@H]6O)C(O)[C@H]5O)C(O)[C@H]4O)C(O)[C@H]3O)C(O)[C@H]2O)C(O)[C@@H](O)[C@@H]1O. The van der Waals surface area contributed by atoms with E-state index in [0.29, 0.717) is 150 Å². The third kappa shape index (κ3) is 42.7. The third-order valence-electron chi connectivity index (χ3n) is 21.5. The molecule has 0 bridgehead atoms. The van der Waals surface area contributed by atoms with Gasteiger partial charge in [0.15, 0.2) is 31.5 Å². The van der Waals surface area contributed by atoms with Crippen LogP contribution in [0.3, 0.4) is 0 Å². The molecule has 0 aromatic carbocycles. The van der Waals surface area contributed by atoms with Gasteiger partial charge in [-0.3, -0.25) is 28.8 Å². The minimum absolute atomic E-state index is 0.00228. The zero-order valence-electron chi connectivity index (χ0n) is 74.8. The van der Waals surface area contributed by atoms with Crippen LogP contribution in [0.15, 0.2) is 0 Å². The van der Waals surface area contributed by atoms with Crippen LogP contribution in [0.2, 0.25) is 0 Å². The molecule has 6 saturated heterocycles. The minimum atomic E-state index is -2.19. The highest BCUT2D eigenvalue weighted by atomic mass is 32.2. The van der Waals surface area contributed by atoms with Crippen LogP contribution in [0.1, 0.15) is 38.5 Å². The van der Waals surface area contributed by atoms with E-state index in [0.717, 1.165) is 47.0 Å². The Morgan fingerprint density at radius 2 is 0.439 bits per heavy atom. The summed E-state index contributed by atoms with van der Waals surface area (Å²) in [7, 11) is 0. The Labute approximate surface area is 796 Å². The highest BCUT2D eigenvalue weighted by Crippen LogP contribution is 2.40. The Kier molecular flexibility index (Phi) is 61.4. The molecule has 0 radical (unpaired) electrons. The molecule has 0 aliphatic carbocycles. The summed E-state index contributed by atoms with van der Waals surface area (Å²) in [5.41, 5.74) is 33.5. The second-order valence-electron chi connectivity index (χ2n) is 31.8. The quantitative estimate of drug-likeness (QED) is 0.0251. The second kappa shape index (κ2) is 68.6. The van der Waals surface area contributed by atoms with Gasteiger partial charge in [-0.2, -0.15) is 70.6 Å². The lowest BCUT2D eigenvalue weighted by Crippen LogP contribution is -2.68. The van der Waals surface area contributed by atoms with Crippen molar-refractivity contribution in [1.29, 1.82) is 0 Å². The lowest BCUT2D eigenvalue weighted by atomic mass is 9.95. The van der Waals surface area contributed by atoms with Crippen LogP contribution < -0.4 is 98.2 Å². The van der Waals surface area contributed by atoms with E-state index in [1.807, 2.05) is 0 Å². The van der Waals surface area contributed by atoms with Crippen molar-refractivity contribution >= 4 is 106 Å². The largest absolute Gasteiger partial charge is 0.388 e. The van der Waals surface area contributed by atoms with Crippen LogP contribution in [0, 0.1) is 0 Å². The van der Waals surface area contributed by atoms with Crippen LogP contribution in [0.4, 0.5) is 0 Å². The topological polar surface area (TPSA) is 767 Å². The van der Waals surface area contributed by atoms with Crippen molar-refractivity contribution in [2.45, 2.75) is 216 Å². The molecule has 770 valence electrons. The van der Waals surface area contributed by atoms with Crippen molar-refractivity contribution < 1.29 is 147 Å². The number of aliphatic hydroxyl groups is 13. The van der Waals surface area contributed by atoms with Gasteiger partial charge in [-0.05, 0) is 0 Å². The molecule has 37 N–H and O–H groups in total. The molecule has 0 spiro atoms. The van der Waals surface area contributed by atoms with Crippen LogP contribution in [0.5, 0.6) is 0 Å². The zero-order chi connectivity index (χ0) is 96.1. The molecule has 12 unspecified atom stereocenters. The van der Waals surface area contributed by atoms with Gasteiger partial charge in [-0.25, -0.2) is 0 Å². The standard InChI is InChI=1S/C78H152N18O30S6/c79-7-13-85-19-25-91-51(98)1-31-127-38-45-58(105)59(106)64(111)74(117-45)123-70-47(40-129-33-3-53(100)93-27-21-87-15-9-81)119-76(66(113)61(70)108)125-72-49(42-131-35-5-55(102)95-29-23-89-17-11-83)121-78(68(115)63(72)110)126-73-50(43-132-36-6-56(103)96-30-24-90-18-12-84)120-77(67(114)62(73)109)124-71-48(41-130-34-4-54(101)94-28-22-88-16-10-82)118-75(65(112)60(71)107)122-69-46(116-37-44(97)57(69)104)39-128-32-2-52(99)92-26-20-86-14-8-80/h44-50,57-78,85-90,97,104-115H,1-43,79-84H2,(H,91,98)(H,92,99)(H,93,100)(H,94,101)(H,95,102)(H,96,103)/t44?,45?,46?,47?,48?,49?,50?,57-,58-,59+,60-,61-,62-,63-,64?,65?,66?,67?,68?,69-,70-,71-,72-,73-,74+,75-,76+,77-,78+/m1/s1. The Bertz CT molecular complexity index is 3140. The van der Waals surface area contributed by atoms with Gasteiger partial charge in [0.2, 0.25) is 35.4 Å². The number of rotatable bonds is 70. The summed E-state index contributed by atoms with van der Waals surface area (Å²) in [4.78, 5) is 77.7. The first-order valence-electron chi connectivity index (χ1n) is 45.2. The van der Waals surface area contributed by atoms with E-state index in [9.17, 15) is 95.2 Å². The van der Waals surface area contributed by atoms with Gasteiger partial charge in [0.05, 0.1) is 43.2 Å².